The Morgan fingerprint density at radius 1 is 1.29 bits per heavy atom. The topological polar surface area (TPSA) is 68.0 Å². The van der Waals surface area contributed by atoms with Crippen LogP contribution in [0.2, 0.25) is 0 Å². The SMILES string of the molecule is CC(=O)NCCc1nnc(-c2ccccc2)o1. The molecule has 0 saturated carbocycles. The molecular weight excluding hydrogens is 218 g/mol. The van der Waals surface area contributed by atoms with Crippen molar-refractivity contribution >= 4 is 5.91 Å². The van der Waals surface area contributed by atoms with Gasteiger partial charge in [0, 0.05) is 25.5 Å². The largest absolute Gasteiger partial charge is 0.421 e. The van der Waals surface area contributed by atoms with Gasteiger partial charge in [0.2, 0.25) is 17.7 Å². The number of carbonyl (C=O) groups is 1. The molecule has 1 N–H and O–H groups in total. The van der Waals surface area contributed by atoms with Crippen LogP contribution in [-0.2, 0) is 11.2 Å². The van der Waals surface area contributed by atoms with Gasteiger partial charge < -0.3 is 9.73 Å². The van der Waals surface area contributed by atoms with E-state index in [0.29, 0.717) is 24.7 Å². The zero-order valence-corrected chi connectivity index (χ0v) is 9.51. The molecule has 0 fully saturated rings. The number of nitrogens with zero attached hydrogens (tertiary/aromatic N) is 2. The second-order valence-electron chi connectivity index (χ2n) is 3.60. The number of rotatable bonds is 4. The van der Waals surface area contributed by atoms with Gasteiger partial charge in [-0.1, -0.05) is 18.2 Å². The maximum atomic E-state index is 10.7. The van der Waals surface area contributed by atoms with Crippen molar-refractivity contribution in [1.82, 2.24) is 15.5 Å². The van der Waals surface area contributed by atoms with Crippen LogP contribution in [0.3, 0.4) is 0 Å². The fraction of sp³-hybridized carbons (Fsp3) is 0.250. The minimum Gasteiger partial charge on any atom is -0.421 e. The Morgan fingerprint density at radius 2 is 2.06 bits per heavy atom. The molecule has 0 unspecified atom stereocenters. The first-order valence-electron chi connectivity index (χ1n) is 5.38. The molecule has 0 aliphatic heterocycles. The summed E-state index contributed by atoms with van der Waals surface area (Å²) in [6.07, 6.45) is 0.541. The summed E-state index contributed by atoms with van der Waals surface area (Å²) >= 11 is 0. The Kier molecular flexibility index (Phi) is 3.49. The molecule has 88 valence electrons. The van der Waals surface area contributed by atoms with E-state index in [1.807, 2.05) is 30.3 Å². The third kappa shape index (κ3) is 3.14. The predicted octanol–water partition coefficient (Wildman–Crippen LogP) is 1.42. The van der Waals surface area contributed by atoms with E-state index in [1.165, 1.54) is 6.92 Å². The highest BCUT2D eigenvalue weighted by Crippen LogP contribution is 2.16. The van der Waals surface area contributed by atoms with Crippen LogP contribution in [0.25, 0.3) is 11.5 Å². The highest BCUT2D eigenvalue weighted by Gasteiger charge is 2.07. The van der Waals surface area contributed by atoms with Crippen LogP contribution in [0, 0.1) is 0 Å². The van der Waals surface area contributed by atoms with Crippen LogP contribution >= 0.6 is 0 Å². The van der Waals surface area contributed by atoms with Crippen molar-refractivity contribution in [2.75, 3.05) is 6.54 Å². The van der Waals surface area contributed by atoms with Gasteiger partial charge in [-0.25, -0.2) is 0 Å². The predicted molar refractivity (Wildman–Crippen MR) is 62.1 cm³/mol. The summed E-state index contributed by atoms with van der Waals surface area (Å²) < 4.78 is 5.48. The molecule has 0 saturated heterocycles. The molecule has 1 amide bonds. The van der Waals surface area contributed by atoms with Crippen molar-refractivity contribution in [3.8, 4) is 11.5 Å². The monoisotopic (exact) mass is 231 g/mol. The van der Waals surface area contributed by atoms with Gasteiger partial charge in [-0.3, -0.25) is 4.79 Å². The van der Waals surface area contributed by atoms with Gasteiger partial charge in [-0.15, -0.1) is 10.2 Å². The van der Waals surface area contributed by atoms with E-state index >= 15 is 0 Å². The summed E-state index contributed by atoms with van der Waals surface area (Å²) in [5.41, 5.74) is 0.894. The van der Waals surface area contributed by atoms with Crippen molar-refractivity contribution in [3.63, 3.8) is 0 Å². The minimum absolute atomic E-state index is 0.0622. The van der Waals surface area contributed by atoms with Crippen LogP contribution in [0.1, 0.15) is 12.8 Å². The highest BCUT2D eigenvalue weighted by atomic mass is 16.4. The van der Waals surface area contributed by atoms with Crippen molar-refractivity contribution in [1.29, 1.82) is 0 Å². The van der Waals surface area contributed by atoms with Gasteiger partial charge >= 0.3 is 0 Å². The fourth-order valence-corrected chi connectivity index (χ4v) is 1.40. The van der Waals surface area contributed by atoms with Crippen LogP contribution in [0.4, 0.5) is 0 Å². The average Bonchev–Trinajstić information content (AvgIpc) is 2.78. The summed E-state index contributed by atoms with van der Waals surface area (Å²) in [7, 11) is 0. The number of carbonyl (C=O) groups excluding carboxylic acids is 1. The Morgan fingerprint density at radius 3 is 2.76 bits per heavy atom. The Balaban J connectivity index is 1.99. The zero-order valence-electron chi connectivity index (χ0n) is 9.51. The minimum atomic E-state index is -0.0622. The van der Waals surface area contributed by atoms with Crippen molar-refractivity contribution in [2.45, 2.75) is 13.3 Å². The lowest BCUT2D eigenvalue weighted by atomic mass is 10.2. The lowest BCUT2D eigenvalue weighted by Gasteiger charge is -1.97. The molecule has 2 aromatic rings. The molecule has 1 heterocycles. The van der Waals surface area contributed by atoms with Crippen LogP contribution in [0.15, 0.2) is 34.7 Å². The van der Waals surface area contributed by atoms with E-state index < -0.39 is 0 Å². The van der Waals surface area contributed by atoms with E-state index in [2.05, 4.69) is 15.5 Å². The number of benzene rings is 1. The van der Waals surface area contributed by atoms with Gasteiger partial charge in [-0.05, 0) is 12.1 Å². The van der Waals surface area contributed by atoms with Crippen molar-refractivity contribution in [2.24, 2.45) is 0 Å². The van der Waals surface area contributed by atoms with Gasteiger partial charge in [0.15, 0.2) is 0 Å². The molecule has 5 nitrogen and oxygen atoms in total. The van der Waals surface area contributed by atoms with Gasteiger partial charge in [-0.2, -0.15) is 0 Å². The Bertz CT molecular complexity index is 493. The number of amides is 1. The lowest BCUT2D eigenvalue weighted by Crippen LogP contribution is -2.22. The maximum Gasteiger partial charge on any atom is 0.247 e. The molecule has 0 radical (unpaired) electrons. The Hall–Kier alpha value is -2.17. The van der Waals surface area contributed by atoms with Crippen LogP contribution in [0.5, 0.6) is 0 Å². The number of aromatic nitrogens is 2. The molecule has 0 aliphatic carbocycles. The fourth-order valence-electron chi connectivity index (χ4n) is 1.40. The number of hydrogen-bond acceptors (Lipinski definition) is 4. The molecule has 0 atom stereocenters. The average molecular weight is 231 g/mol. The highest BCUT2D eigenvalue weighted by molar-refractivity contribution is 5.72. The number of hydrogen-bond donors (Lipinski definition) is 1. The zero-order chi connectivity index (χ0) is 12.1. The smallest absolute Gasteiger partial charge is 0.247 e. The van der Waals surface area contributed by atoms with Crippen molar-refractivity contribution < 1.29 is 9.21 Å². The third-order valence-electron chi connectivity index (χ3n) is 2.20. The molecule has 1 aromatic carbocycles. The second kappa shape index (κ2) is 5.25. The van der Waals surface area contributed by atoms with Crippen LogP contribution in [-0.4, -0.2) is 22.6 Å². The summed E-state index contributed by atoms with van der Waals surface area (Å²) in [6, 6.07) is 9.57. The molecule has 0 spiro atoms. The normalized spacial score (nSPS) is 10.2. The second-order valence-corrected chi connectivity index (χ2v) is 3.60. The Labute approximate surface area is 98.9 Å². The standard InChI is InChI=1S/C12H13N3O2/c1-9(16)13-8-7-11-14-15-12(17-11)10-5-3-2-4-6-10/h2-6H,7-8H2,1H3,(H,13,16). The molecule has 17 heavy (non-hydrogen) atoms. The first kappa shape index (κ1) is 11.3. The molecule has 1 aromatic heterocycles. The quantitative estimate of drug-likeness (QED) is 0.864. The summed E-state index contributed by atoms with van der Waals surface area (Å²) in [4.78, 5) is 10.7. The van der Waals surface area contributed by atoms with Crippen LogP contribution < -0.4 is 5.32 Å². The van der Waals surface area contributed by atoms with E-state index in [0.717, 1.165) is 5.56 Å². The van der Waals surface area contributed by atoms with Gasteiger partial charge in [0.05, 0.1) is 0 Å². The maximum absolute atomic E-state index is 10.7. The van der Waals surface area contributed by atoms with E-state index in [-0.39, 0.29) is 5.91 Å². The lowest BCUT2D eigenvalue weighted by molar-refractivity contribution is -0.118. The molecule has 5 heteroatoms. The molecule has 0 aliphatic rings. The van der Waals surface area contributed by atoms with Gasteiger partial charge in [0.25, 0.3) is 0 Å². The first-order chi connectivity index (χ1) is 8.25. The summed E-state index contributed by atoms with van der Waals surface area (Å²) in [5, 5.41) is 10.6. The van der Waals surface area contributed by atoms with E-state index in [4.69, 9.17) is 4.42 Å². The molecule has 0 bridgehead atoms. The summed E-state index contributed by atoms with van der Waals surface area (Å²) in [6.45, 7) is 1.98. The van der Waals surface area contributed by atoms with Gasteiger partial charge in [0.1, 0.15) is 0 Å². The number of nitrogens with one attached hydrogen (secondary N) is 1. The first-order valence-corrected chi connectivity index (χ1v) is 5.38. The van der Waals surface area contributed by atoms with E-state index in [9.17, 15) is 4.79 Å². The summed E-state index contributed by atoms with van der Waals surface area (Å²) in [5.74, 6) is 0.967. The van der Waals surface area contributed by atoms with E-state index in [1.54, 1.807) is 0 Å². The molecule has 2 rings (SSSR count). The molecular formula is C12H13N3O2. The third-order valence-corrected chi connectivity index (χ3v) is 2.20. The van der Waals surface area contributed by atoms with Crippen molar-refractivity contribution in [3.05, 3.63) is 36.2 Å².